The minimum absolute atomic E-state index is 0.165. The molecule has 0 aliphatic rings. The summed E-state index contributed by atoms with van der Waals surface area (Å²) in [5, 5.41) is 0. The zero-order valence-corrected chi connectivity index (χ0v) is 6.96. The molecule has 0 aliphatic carbocycles. The fourth-order valence-corrected chi connectivity index (χ4v) is 0.510. The van der Waals surface area contributed by atoms with Crippen molar-refractivity contribution in [3.05, 3.63) is 0 Å². The lowest BCUT2D eigenvalue weighted by Crippen LogP contribution is -2.26. The van der Waals surface area contributed by atoms with Crippen LogP contribution in [0.15, 0.2) is 0 Å². The van der Waals surface area contributed by atoms with E-state index in [9.17, 15) is 9.59 Å². The summed E-state index contributed by atoms with van der Waals surface area (Å²) >= 11 is 0. The largest absolute Gasteiger partial charge is 0.457 e. The van der Waals surface area contributed by atoms with Crippen LogP contribution in [-0.4, -0.2) is 25.2 Å². The zero-order valence-electron chi connectivity index (χ0n) is 6.96. The smallest absolute Gasteiger partial charge is 0.453 e. The van der Waals surface area contributed by atoms with Crippen LogP contribution in [0.5, 0.6) is 0 Å². The minimum atomic E-state index is -0.686. The molecule has 0 fully saturated rings. The van der Waals surface area contributed by atoms with Crippen molar-refractivity contribution in [1.29, 1.82) is 0 Å². The maximum Gasteiger partial charge on any atom is 0.453 e. The summed E-state index contributed by atoms with van der Waals surface area (Å²) in [5.74, 6) is 0. The Morgan fingerprint density at radius 3 is 2.42 bits per heavy atom. The third-order valence-electron chi connectivity index (χ3n) is 1.17. The lowest BCUT2D eigenvalue weighted by atomic mass is 10.1. The van der Waals surface area contributed by atoms with Crippen LogP contribution in [0.2, 0.25) is 0 Å². The Bertz CT molecular complexity index is 143. The Kier molecular flexibility index (Phi) is 5.03. The molecule has 2 radical (unpaired) electrons. The second kappa shape index (κ2) is 5.54. The van der Waals surface area contributed by atoms with Gasteiger partial charge >= 0.3 is 12.9 Å². The molecule has 5 heteroatoms. The van der Waals surface area contributed by atoms with Crippen LogP contribution in [0.1, 0.15) is 20.3 Å². The first-order valence-electron chi connectivity index (χ1n) is 3.33. The third kappa shape index (κ3) is 5.67. The topological polar surface area (TPSA) is 61.8 Å². The number of ether oxygens (including phenoxy) is 1. The fraction of sp³-hybridized carbons (Fsp3) is 0.714. The van der Waals surface area contributed by atoms with Gasteiger partial charge in [-0.3, -0.25) is 4.89 Å². The van der Waals surface area contributed by atoms with Crippen LogP contribution in [-0.2, 0) is 24.1 Å². The van der Waals surface area contributed by atoms with Crippen LogP contribution in [0, 0.1) is 0 Å². The molecule has 0 aromatic rings. The molecule has 0 spiro atoms. The van der Waals surface area contributed by atoms with Crippen molar-refractivity contribution in [3.8, 4) is 0 Å². The highest BCUT2D eigenvalue weighted by molar-refractivity contribution is 5.38. The number of hydrogen-bond donors (Lipinski definition) is 0. The molecule has 0 saturated heterocycles. The first-order chi connectivity index (χ1) is 5.62. The molecule has 0 atom stereocenters. The summed E-state index contributed by atoms with van der Waals surface area (Å²) in [6, 6.07) is 0. The quantitative estimate of drug-likeness (QED) is 0.314. The Balaban J connectivity index is 3.54. The third-order valence-corrected chi connectivity index (χ3v) is 1.17. The van der Waals surface area contributed by atoms with Gasteiger partial charge in [0.1, 0.15) is 5.60 Å². The summed E-state index contributed by atoms with van der Waals surface area (Å²) in [4.78, 5) is 27.8. The van der Waals surface area contributed by atoms with Crippen LogP contribution in [0.4, 0.5) is 0 Å². The van der Waals surface area contributed by atoms with E-state index in [0.717, 1.165) is 6.47 Å². The summed E-state index contributed by atoms with van der Waals surface area (Å²) in [7, 11) is 0. The average Bonchev–Trinajstić information content (AvgIpc) is 2.01. The summed E-state index contributed by atoms with van der Waals surface area (Å²) in [6.07, 6.45) is 0.407. The molecule has 12 heavy (non-hydrogen) atoms. The monoisotopic (exact) mass is 174 g/mol. The highest BCUT2D eigenvalue weighted by Gasteiger charge is 2.20. The maximum absolute atomic E-state index is 9.62. The first-order valence-corrected chi connectivity index (χ1v) is 3.33. The predicted molar refractivity (Wildman–Crippen MR) is 38.2 cm³/mol. The van der Waals surface area contributed by atoms with E-state index < -0.39 is 5.60 Å². The van der Waals surface area contributed by atoms with E-state index in [0.29, 0.717) is 6.42 Å². The van der Waals surface area contributed by atoms with Gasteiger partial charge < -0.3 is 4.74 Å². The second-order valence-corrected chi connectivity index (χ2v) is 2.69. The molecular weight excluding hydrogens is 164 g/mol. The van der Waals surface area contributed by atoms with Crippen LogP contribution in [0.3, 0.4) is 0 Å². The number of hydrogen-bond acceptors (Lipinski definition) is 5. The van der Waals surface area contributed by atoms with Gasteiger partial charge in [-0.1, -0.05) is 0 Å². The Hall–Kier alpha value is -1.10. The van der Waals surface area contributed by atoms with Crippen molar-refractivity contribution in [1.82, 2.24) is 0 Å². The Morgan fingerprint density at radius 1 is 1.25 bits per heavy atom. The molecule has 0 aliphatic heterocycles. The zero-order chi connectivity index (χ0) is 9.45. The molecule has 0 saturated carbocycles. The molecule has 0 unspecified atom stereocenters. The van der Waals surface area contributed by atoms with Crippen molar-refractivity contribution >= 4 is 12.9 Å². The molecule has 0 N–H and O–H groups in total. The van der Waals surface area contributed by atoms with E-state index in [1.54, 1.807) is 13.8 Å². The van der Waals surface area contributed by atoms with Gasteiger partial charge in [-0.15, -0.1) is 0 Å². The molecule has 0 aromatic carbocycles. The van der Waals surface area contributed by atoms with Gasteiger partial charge in [0, 0.05) is 6.42 Å². The van der Waals surface area contributed by atoms with Crippen LogP contribution >= 0.6 is 0 Å². The Labute approximate surface area is 70.5 Å². The van der Waals surface area contributed by atoms with Gasteiger partial charge in [-0.05, 0) is 13.8 Å². The maximum atomic E-state index is 9.62. The van der Waals surface area contributed by atoms with Crippen LogP contribution in [0.25, 0.3) is 0 Å². The van der Waals surface area contributed by atoms with Crippen molar-refractivity contribution in [2.45, 2.75) is 25.9 Å². The van der Waals surface area contributed by atoms with E-state index in [2.05, 4.69) is 14.5 Å². The first kappa shape index (κ1) is 10.9. The molecule has 0 aromatic heterocycles. The highest BCUT2D eigenvalue weighted by atomic mass is 17.2. The van der Waals surface area contributed by atoms with Crippen molar-refractivity contribution < 1.29 is 24.1 Å². The summed E-state index contributed by atoms with van der Waals surface area (Å²) in [6.45, 7) is 5.92. The molecule has 0 rings (SSSR count). The van der Waals surface area contributed by atoms with Gasteiger partial charge in [0.15, 0.2) is 0 Å². The van der Waals surface area contributed by atoms with Gasteiger partial charge in [0.2, 0.25) is 0 Å². The van der Waals surface area contributed by atoms with Crippen molar-refractivity contribution in [2.75, 3.05) is 6.61 Å². The molecule has 5 nitrogen and oxygen atoms in total. The molecule has 68 valence electrons. The highest BCUT2D eigenvalue weighted by Crippen LogP contribution is 2.13. The van der Waals surface area contributed by atoms with E-state index >= 15 is 0 Å². The second-order valence-electron chi connectivity index (χ2n) is 2.69. The SMILES string of the molecule is CC(C)(CCO[C]=O)OO[C]=O. The predicted octanol–water partition coefficient (Wildman–Crippen LogP) is 0.254. The number of rotatable bonds is 7. The van der Waals surface area contributed by atoms with E-state index in [1.807, 2.05) is 0 Å². The van der Waals surface area contributed by atoms with Gasteiger partial charge in [-0.2, -0.15) is 4.89 Å². The van der Waals surface area contributed by atoms with E-state index in [4.69, 9.17) is 0 Å². The lowest BCUT2D eigenvalue weighted by Gasteiger charge is -2.19. The average molecular weight is 174 g/mol. The Morgan fingerprint density at radius 2 is 1.92 bits per heavy atom. The standard InChI is InChI=1S/C7H10O5/c1-7(2,12-11-6-9)3-4-10-5-8/h3-4H2,1-2H3. The number of carbonyl (C=O) groups excluding carboxylic acids is 2. The summed E-state index contributed by atoms with van der Waals surface area (Å²) in [5.41, 5.74) is -0.686. The molecule has 0 bridgehead atoms. The fourth-order valence-electron chi connectivity index (χ4n) is 0.510. The normalized spacial score (nSPS) is 10.5. The van der Waals surface area contributed by atoms with E-state index in [1.165, 1.54) is 6.47 Å². The van der Waals surface area contributed by atoms with Crippen LogP contribution < -0.4 is 0 Å². The van der Waals surface area contributed by atoms with Gasteiger partial charge in [0.25, 0.3) is 0 Å². The van der Waals surface area contributed by atoms with E-state index in [-0.39, 0.29) is 6.61 Å². The molecule has 0 heterocycles. The molecular formula is C7H10O5. The van der Waals surface area contributed by atoms with Crippen molar-refractivity contribution in [3.63, 3.8) is 0 Å². The molecule has 0 amide bonds. The lowest BCUT2D eigenvalue weighted by molar-refractivity contribution is -0.296. The van der Waals surface area contributed by atoms with Gasteiger partial charge in [0.05, 0.1) is 6.61 Å². The van der Waals surface area contributed by atoms with Gasteiger partial charge in [-0.25, -0.2) is 9.59 Å². The minimum Gasteiger partial charge on any atom is -0.457 e. The summed E-state index contributed by atoms with van der Waals surface area (Å²) < 4.78 is 4.31. The van der Waals surface area contributed by atoms with Crippen molar-refractivity contribution in [2.24, 2.45) is 0 Å².